The van der Waals surface area contributed by atoms with Gasteiger partial charge < -0.3 is 50.5 Å². The van der Waals surface area contributed by atoms with Crippen LogP contribution in [0, 0.1) is 11.8 Å². The highest BCUT2D eigenvalue weighted by atomic mass is 16.7. The van der Waals surface area contributed by atoms with Crippen molar-refractivity contribution in [3.8, 4) is 28.7 Å². The molecule has 0 radical (unpaired) electrons. The predicted molar refractivity (Wildman–Crippen MR) is 162 cm³/mol. The number of aromatic hydroxyl groups is 1. The number of nitrogens with two attached hydrogens (primary N) is 1. The minimum Gasteiger partial charge on any atom is -0.502 e. The lowest BCUT2D eigenvalue weighted by Crippen LogP contribution is -2.42. The molecule has 0 aromatic heterocycles. The van der Waals surface area contributed by atoms with Gasteiger partial charge in [-0.05, 0) is 99.4 Å². The molecule has 2 heterocycles. The summed E-state index contributed by atoms with van der Waals surface area (Å²) < 4.78 is 27.9. The van der Waals surface area contributed by atoms with E-state index < -0.39 is 17.9 Å². The molecule has 4 unspecified atom stereocenters. The molecule has 0 bridgehead atoms. The second-order valence-electron chi connectivity index (χ2n) is 11.4. The Morgan fingerprint density at radius 3 is 2.20 bits per heavy atom. The van der Waals surface area contributed by atoms with Crippen molar-refractivity contribution in [1.82, 2.24) is 16.0 Å². The number of benzene rings is 2. The van der Waals surface area contributed by atoms with Gasteiger partial charge in [0.15, 0.2) is 23.0 Å². The summed E-state index contributed by atoms with van der Waals surface area (Å²) in [6.45, 7) is 4.65. The van der Waals surface area contributed by atoms with Crippen molar-refractivity contribution in [3.05, 3.63) is 41.0 Å². The SMILES string of the molecule is COc1cc(C2c3cc4c(cc3C(NC(=O)CCCCNCCCNCCCN)C3COC(=O)C23)OCO4)cc(OC)c1O. The lowest BCUT2D eigenvalue weighted by atomic mass is 9.65. The maximum Gasteiger partial charge on any atom is 0.310 e. The van der Waals surface area contributed by atoms with E-state index in [9.17, 15) is 14.7 Å². The smallest absolute Gasteiger partial charge is 0.310 e. The number of carbonyl (C=O) groups excluding carboxylic acids is 2. The van der Waals surface area contributed by atoms with Gasteiger partial charge in [-0.15, -0.1) is 0 Å². The molecule has 1 amide bonds. The van der Waals surface area contributed by atoms with E-state index in [2.05, 4.69) is 16.0 Å². The van der Waals surface area contributed by atoms with Gasteiger partial charge in [0.25, 0.3) is 0 Å². The number of fused-ring (bicyclic) bond motifs is 3. The summed E-state index contributed by atoms with van der Waals surface area (Å²) in [6.07, 6.45) is 4.03. The molecular weight excluding hydrogens is 568 g/mol. The Bertz CT molecular complexity index is 1300. The average molecular weight is 613 g/mol. The van der Waals surface area contributed by atoms with E-state index in [-0.39, 0.29) is 48.4 Å². The molecule has 1 fully saturated rings. The van der Waals surface area contributed by atoms with E-state index in [1.165, 1.54) is 14.2 Å². The third-order valence-corrected chi connectivity index (χ3v) is 8.64. The van der Waals surface area contributed by atoms with E-state index in [4.69, 9.17) is 29.4 Å². The van der Waals surface area contributed by atoms with E-state index in [1.807, 2.05) is 12.1 Å². The number of hydrogen-bond acceptors (Lipinski definition) is 11. The Labute approximate surface area is 257 Å². The van der Waals surface area contributed by atoms with Gasteiger partial charge in [0.2, 0.25) is 18.4 Å². The number of nitrogens with one attached hydrogen (secondary N) is 3. The first-order valence-electron chi connectivity index (χ1n) is 15.4. The molecule has 2 aromatic carbocycles. The van der Waals surface area contributed by atoms with Gasteiger partial charge >= 0.3 is 5.97 Å². The van der Waals surface area contributed by atoms with Gasteiger partial charge in [0, 0.05) is 18.3 Å². The molecule has 3 aliphatic rings. The molecule has 1 saturated heterocycles. The molecule has 2 aliphatic heterocycles. The zero-order valence-corrected chi connectivity index (χ0v) is 25.5. The highest BCUT2D eigenvalue weighted by molar-refractivity contribution is 5.81. The van der Waals surface area contributed by atoms with Crippen molar-refractivity contribution in [3.63, 3.8) is 0 Å². The molecule has 4 atom stereocenters. The number of phenolic OH excluding ortho intramolecular Hbond substituents is 1. The fraction of sp³-hybridized carbons (Fsp3) is 0.562. The summed E-state index contributed by atoms with van der Waals surface area (Å²) >= 11 is 0. The second kappa shape index (κ2) is 14.8. The molecule has 44 heavy (non-hydrogen) atoms. The highest BCUT2D eigenvalue weighted by Gasteiger charge is 2.53. The van der Waals surface area contributed by atoms with Crippen molar-refractivity contribution in [2.45, 2.75) is 44.1 Å². The minimum absolute atomic E-state index is 0.0766. The second-order valence-corrected chi connectivity index (χ2v) is 11.4. The number of unbranched alkanes of at least 4 members (excludes halogenated alkanes) is 1. The van der Waals surface area contributed by atoms with Gasteiger partial charge in [-0.25, -0.2) is 0 Å². The minimum atomic E-state index is -0.582. The molecule has 1 aliphatic carbocycles. The average Bonchev–Trinajstić information content (AvgIpc) is 3.65. The van der Waals surface area contributed by atoms with E-state index >= 15 is 0 Å². The summed E-state index contributed by atoms with van der Waals surface area (Å²) in [6, 6.07) is 6.76. The van der Waals surface area contributed by atoms with Crippen LogP contribution in [0.15, 0.2) is 24.3 Å². The largest absolute Gasteiger partial charge is 0.502 e. The van der Waals surface area contributed by atoms with E-state index in [0.717, 1.165) is 63.0 Å². The molecule has 2 aromatic rings. The van der Waals surface area contributed by atoms with Crippen molar-refractivity contribution in [2.24, 2.45) is 17.6 Å². The number of esters is 1. The summed E-state index contributed by atoms with van der Waals surface area (Å²) in [5.74, 6) is -0.271. The molecule has 5 rings (SSSR count). The van der Waals surface area contributed by atoms with E-state index in [0.29, 0.717) is 30.0 Å². The van der Waals surface area contributed by atoms with Crippen LogP contribution in [0.1, 0.15) is 60.8 Å². The number of carbonyl (C=O) groups is 2. The number of cyclic esters (lactones) is 1. The van der Waals surface area contributed by atoms with Crippen LogP contribution in [-0.2, 0) is 14.3 Å². The van der Waals surface area contributed by atoms with Crippen LogP contribution in [0.4, 0.5) is 0 Å². The Morgan fingerprint density at radius 1 is 0.909 bits per heavy atom. The third kappa shape index (κ3) is 6.82. The van der Waals surface area contributed by atoms with Crippen LogP contribution in [-0.4, -0.2) is 77.3 Å². The van der Waals surface area contributed by atoms with Crippen LogP contribution in [0.3, 0.4) is 0 Å². The lowest BCUT2D eigenvalue weighted by Gasteiger charge is -2.39. The third-order valence-electron chi connectivity index (χ3n) is 8.64. The first-order valence-corrected chi connectivity index (χ1v) is 15.4. The number of rotatable bonds is 16. The zero-order chi connectivity index (χ0) is 31.1. The number of hydrogen-bond donors (Lipinski definition) is 5. The van der Waals surface area contributed by atoms with Gasteiger partial charge in [-0.1, -0.05) is 0 Å². The van der Waals surface area contributed by atoms with Crippen LogP contribution in [0.25, 0.3) is 0 Å². The normalized spacial score (nSPS) is 21.4. The van der Waals surface area contributed by atoms with Crippen molar-refractivity contribution < 1.29 is 38.4 Å². The zero-order valence-electron chi connectivity index (χ0n) is 25.5. The Hall–Kier alpha value is -3.74. The summed E-state index contributed by atoms with van der Waals surface area (Å²) in [5, 5.41) is 20.6. The maximum atomic E-state index is 13.3. The molecule has 0 spiro atoms. The van der Waals surface area contributed by atoms with Crippen LogP contribution >= 0.6 is 0 Å². The Balaban J connectivity index is 1.30. The molecule has 12 nitrogen and oxygen atoms in total. The molecule has 0 saturated carbocycles. The van der Waals surface area contributed by atoms with Gasteiger partial charge in [-0.3, -0.25) is 9.59 Å². The highest BCUT2D eigenvalue weighted by Crippen LogP contribution is 2.55. The fourth-order valence-corrected chi connectivity index (χ4v) is 6.44. The van der Waals surface area contributed by atoms with Crippen molar-refractivity contribution >= 4 is 11.9 Å². The fourth-order valence-electron chi connectivity index (χ4n) is 6.44. The first kappa shape index (κ1) is 31.7. The topological polar surface area (TPSA) is 163 Å². The quantitative estimate of drug-likeness (QED) is 0.140. The van der Waals surface area contributed by atoms with Crippen molar-refractivity contribution in [2.75, 3.05) is 60.3 Å². The number of ether oxygens (including phenoxy) is 5. The molecule has 240 valence electrons. The van der Waals surface area contributed by atoms with Crippen LogP contribution in [0.2, 0.25) is 0 Å². The standard InChI is InChI=1S/C32H44N4O8/c1-40-25-13-19(14-26(41-2)31(25)38)28-20-15-23-24(44-18-43-23)16-21(20)30(22-17-42-32(39)29(22)28)36-27(37)7-3-4-9-34-11-6-12-35-10-5-8-33/h13-16,22,28-30,34-35,38H,3-12,17-18,33H2,1-2H3,(H,36,37). The monoisotopic (exact) mass is 612 g/mol. The van der Waals surface area contributed by atoms with Crippen LogP contribution < -0.4 is 40.6 Å². The van der Waals surface area contributed by atoms with Gasteiger partial charge in [0.1, 0.15) is 0 Å². The number of phenols is 1. The first-order chi connectivity index (χ1) is 21.5. The Kier molecular flexibility index (Phi) is 10.7. The summed E-state index contributed by atoms with van der Waals surface area (Å²) in [7, 11) is 2.92. The van der Waals surface area contributed by atoms with Gasteiger partial charge in [-0.2, -0.15) is 0 Å². The number of methoxy groups -OCH3 is 2. The Morgan fingerprint density at radius 2 is 1.55 bits per heavy atom. The number of amides is 1. The molecular formula is C32H44N4O8. The molecule has 12 heteroatoms. The summed E-state index contributed by atoms with van der Waals surface area (Å²) in [4.78, 5) is 26.6. The van der Waals surface area contributed by atoms with Crippen molar-refractivity contribution in [1.29, 1.82) is 0 Å². The predicted octanol–water partition coefficient (Wildman–Crippen LogP) is 2.32. The van der Waals surface area contributed by atoms with Crippen LogP contribution in [0.5, 0.6) is 28.7 Å². The molecule has 6 N–H and O–H groups in total. The summed E-state index contributed by atoms with van der Waals surface area (Å²) in [5.41, 5.74) is 7.88. The lowest BCUT2D eigenvalue weighted by molar-refractivity contribution is -0.141. The van der Waals surface area contributed by atoms with Gasteiger partial charge in [0.05, 0.1) is 32.8 Å². The van der Waals surface area contributed by atoms with E-state index in [1.54, 1.807) is 12.1 Å². The maximum absolute atomic E-state index is 13.3.